The smallest absolute Gasteiger partial charge is 0.228 e. The van der Waals surface area contributed by atoms with Crippen LogP contribution >= 0.6 is 0 Å². The van der Waals surface area contributed by atoms with Gasteiger partial charge in [-0.1, -0.05) is 30.3 Å². The van der Waals surface area contributed by atoms with E-state index in [1.54, 1.807) is 18.7 Å². The molecule has 3 aromatic rings. The maximum Gasteiger partial charge on any atom is 0.228 e. The summed E-state index contributed by atoms with van der Waals surface area (Å²) in [4.78, 5) is 8.61. The summed E-state index contributed by atoms with van der Waals surface area (Å²) in [5.74, 6) is 0.611. The highest BCUT2D eigenvalue weighted by atomic mass is 16.3. The number of aryl methyl sites for hydroxylation is 1. The summed E-state index contributed by atoms with van der Waals surface area (Å²) in [5, 5.41) is 0. The van der Waals surface area contributed by atoms with Crippen molar-refractivity contribution in [3.63, 3.8) is 0 Å². The first-order valence-electron chi connectivity index (χ1n) is 5.76. The van der Waals surface area contributed by atoms with Gasteiger partial charge in [0, 0.05) is 18.0 Å². The van der Waals surface area contributed by atoms with Gasteiger partial charge in [0.2, 0.25) is 5.89 Å². The topological polar surface area (TPSA) is 38.9 Å². The molecule has 0 aliphatic carbocycles. The maximum absolute atomic E-state index is 5.53. The summed E-state index contributed by atoms with van der Waals surface area (Å²) < 4.78 is 5.53. The molecule has 0 saturated carbocycles. The SMILES string of the molecule is Cc1ccncc1-c1nc(-c2ccccc2)co1. The van der Waals surface area contributed by atoms with Crippen LogP contribution in [0.2, 0.25) is 0 Å². The van der Waals surface area contributed by atoms with Crippen molar-refractivity contribution in [1.29, 1.82) is 0 Å². The van der Waals surface area contributed by atoms with Crippen LogP contribution in [0.4, 0.5) is 0 Å². The second kappa shape index (κ2) is 4.45. The fraction of sp³-hybridized carbons (Fsp3) is 0.0667. The van der Waals surface area contributed by atoms with Crippen LogP contribution in [0.3, 0.4) is 0 Å². The van der Waals surface area contributed by atoms with Gasteiger partial charge in [-0.2, -0.15) is 0 Å². The zero-order valence-corrected chi connectivity index (χ0v) is 10.00. The summed E-state index contributed by atoms with van der Waals surface area (Å²) >= 11 is 0. The van der Waals surface area contributed by atoms with Gasteiger partial charge < -0.3 is 4.42 Å². The predicted molar refractivity (Wildman–Crippen MR) is 69.9 cm³/mol. The zero-order chi connectivity index (χ0) is 12.4. The molecular formula is C15H12N2O. The molecule has 3 heteroatoms. The molecule has 3 rings (SSSR count). The van der Waals surface area contributed by atoms with Gasteiger partial charge in [0.15, 0.2) is 0 Å². The second-order valence-electron chi connectivity index (χ2n) is 4.09. The molecule has 0 bridgehead atoms. The Morgan fingerprint density at radius 1 is 1.06 bits per heavy atom. The lowest BCUT2D eigenvalue weighted by Crippen LogP contribution is -1.85. The number of rotatable bonds is 2. The molecule has 0 spiro atoms. The minimum atomic E-state index is 0.611. The van der Waals surface area contributed by atoms with Gasteiger partial charge in [-0.3, -0.25) is 4.98 Å². The number of hydrogen-bond donors (Lipinski definition) is 0. The van der Waals surface area contributed by atoms with Gasteiger partial charge in [0.05, 0.1) is 5.56 Å². The summed E-state index contributed by atoms with van der Waals surface area (Å²) in [6, 6.07) is 11.9. The average Bonchev–Trinajstić information content (AvgIpc) is 2.90. The van der Waals surface area contributed by atoms with Gasteiger partial charge in [-0.05, 0) is 18.6 Å². The van der Waals surface area contributed by atoms with E-state index in [1.165, 1.54) is 0 Å². The van der Waals surface area contributed by atoms with E-state index in [0.717, 1.165) is 22.4 Å². The molecule has 0 amide bonds. The number of benzene rings is 1. The molecule has 0 N–H and O–H groups in total. The van der Waals surface area contributed by atoms with E-state index < -0.39 is 0 Å². The minimum Gasteiger partial charge on any atom is -0.444 e. The molecule has 0 unspecified atom stereocenters. The average molecular weight is 236 g/mol. The van der Waals surface area contributed by atoms with E-state index in [1.807, 2.05) is 43.3 Å². The molecule has 0 aliphatic heterocycles. The first-order valence-corrected chi connectivity index (χ1v) is 5.76. The van der Waals surface area contributed by atoms with Crippen molar-refractivity contribution in [2.45, 2.75) is 6.92 Å². The highest BCUT2D eigenvalue weighted by molar-refractivity contribution is 5.63. The van der Waals surface area contributed by atoms with Crippen LogP contribution in [0.1, 0.15) is 5.56 Å². The Labute approximate surface area is 105 Å². The van der Waals surface area contributed by atoms with E-state index in [9.17, 15) is 0 Å². The summed E-state index contributed by atoms with van der Waals surface area (Å²) in [6.45, 7) is 2.02. The fourth-order valence-corrected chi connectivity index (χ4v) is 1.83. The zero-order valence-electron chi connectivity index (χ0n) is 10.00. The Morgan fingerprint density at radius 2 is 1.89 bits per heavy atom. The highest BCUT2D eigenvalue weighted by Gasteiger charge is 2.10. The van der Waals surface area contributed by atoms with E-state index in [4.69, 9.17) is 4.42 Å². The quantitative estimate of drug-likeness (QED) is 0.680. The lowest BCUT2D eigenvalue weighted by Gasteiger charge is -1.98. The lowest BCUT2D eigenvalue weighted by molar-refractivity contribution is 0.574. The third-order valence-electron chi connectivity index (χ3n) is 2.84. The van der Waals surface area contributed by atoms with Gasteiger partial charge in [0.25, 0.3) is 0 Å². The first-order chi connectivity index (χ1) is 8.84. The molecule has 88 valence electrons. The number of oxazole rings is 1. The summed E-state index contributed by atoms with van der Waals surface area (Å²) in [7, 11) is 0. The predicted octanol–water partition coefficient (Wildman–Crippen LogP) is 3.71. The Balaban J connectivity index is 2.03. The number of aromatic nitrogens is 2. The van der Waals surface area contributed by atoms with Crippen LogP contribution in [0.15, 0.2) is 59.5 Å². The molecule has 0 aliphatic rings. The second-order valence-corrected chi connectivity index (χ2v) is 4.09. The van der Waals surface area contributed by atoms with Crippen molar-refractivity contribution >= 4 is 0 Å². The van der Waals surface area contributed by atoms with Crippen LogP contribution < -0.4 is 0 Å². The fourth-order valence-electron chi connectivity index (χ4n) is 1.83. The third kappa shape index (κ3) is 1.91. The molecule has 0 saturated heterocycles. The van der Waals surface area contributed by atoms with Crippen LogP contribution in [0.5, 0.6) is 0 Å². The summed E-state index contributed by atoms with van der Waals surface area (Å²) in [5.41, 5.74) is 3.93. The Kier molecular flexibility index (Phi) is 2.65. The molecule has 0 atom stereocenters. The van der Waals surface area contributed by atoms with Crippen molar-refractivity contribution in [3.8, 4) is 22.7 Å². The third-order valence-corrected chi connectivity index (χ3v) is 2.84. The summed E-state index contributed by atoms with van der Waals surface area (Å²) in [6.07, 6.45) is 5.22. The standard InChI is InChI=1S/C15H12N2O/c1-11-7-8-16-9-13(11)15-17-14(10-18-15)12-5-3-2-4-6-12/h2-10H,1H3. The van der Waals surface area contributed by atoms with Crippen molar-refractivity contribution in [1.82, 2.24) is 9.97 Å². The Bertz CT molecular complexity index is 659. The highest BCUT2D eigenvalue weighted by Crippen LogP contribution is 2.25. The molecule has 0 radical (unpaired) electrons. The number of pyridine rings is 1. The largest absolute Gasteiger partial charge is 0.444 e. The van der Waals surface area contributed by atoms with Crippen molar-refractivity contribution in [2.75, 3.05) is 0 Å². The number of nitrogens with zero attached hydrogens (tertiary/aromatic N) is 2. The molecule has 2 heterocycles. The van der Waals surface area contributed by atoms with E-state index >= 15 is 0 Å². The monoisotopic (exact) mass is 236 g/mol. The van der Waals surface area contributed by atoms with Crippen LogP contribution in [0.25, 0.3) is 22.7 Å². The molecule has 0 fully saturated rings. The molecule has 18 heavy (non-hydrogen) atoms. The van der Waals surface area contributed by atoms with Crippen LogP contribution in [-0.4, -0.2) is 9.97 Å². The van der Waals surface area contributed by atoms with E-state index in [2.05, 4.69) is 9.97 Å². The van der Waals surface area contributed by atoms with E-state index in [-0.39, 0.29) is 0 Å². The van der Waals surface area contributed by atoms with Gasteiger partial charge in [-0.25, -0.2) is 4.98 Å². The molecule has 1 aromatic carbocycles. The van der Waals surface area contributed by atoms with Gasteiger partial charge in [-0.15, -0.1) is 0 Å². The molecule has 3 nitrogen and oxygen atoms in total. The van der Waals surface area contributed by atoms with Crippen LogP contribution in [0, 0.1) is 6.92 Å². The van der Waals surface area contributed by atoms with E-state index in [0.29, 0.717) is 5.89 Å². The normalized spacial score (nSPS) is 10.5. The van der Waals surface area contributed by atoms with Crippen LogP contribution in [-0.2, 0) is 0 Å². The van der Waals surface area contributed by atoms with Gasteiger partial charge in [0.1, 0.15) is 12.0 Å². The van der Waals surface area contributed by atoms with Crippen molar-refractivity contribution in [3.05, 3.63) is 60.6 Å². The van der Waals surface area contributed by atoms with Crippen molar-refractivity contribution < 1.29 is 4.42 Å². The van der Waals surface area contributed by atoms with Gasteiger partial charge >= 0.3 is 0 Å². The Morgan fingerprint density at radius 3 is 2.67 bits per heavy atom. The maximum atomic E-state index is 5.53. The lowest BCUT2D eigenvalue weighted by atomic mass is 10.1. The first kappa shape index (κ1) is 10.7. The minimum absolute atomic E-state index is 0.611. The van der Waals surface area contributed by atoms with Crippen molar-refractivity contribution in [2.24, 2.45) is 0 Å². The molecule has 2 aromatic heterocycles. The number of hydrogen-bond acceptors (Lipinski definition) is 3. The Hall–Kier alpha value is -2.42. The molecular weight excluding hydrogens is 224 g/mol.